The van der Waals surface area contributed by atoms with E-state index in [1.165, 1.54) is 0 Å². The van der Waals surface area contributed by atoms with E-state index in [0.29, 0.717) is 5.57 Å². The van der Waals surface area contributed by atoms with E-state index in [-0.39, 0.29) is 17.6 Å². The molecule has 2 atom stereocenters. The molecular weight excluding hydrogens is 252 g/mol. The molecule has 0 saturated carbocycles. The average molecular weight is 272 g/mol. The van der Waals surface area contributed by atoms with Crippen LogP contribution in [0.5, 0.6) is 0 Å². The van der Waals surface area contributed by atoms with Gasteiger partial charge in [-0.15, -0.1) is 0 Å². The van der Waals surface area contributed by atoms with Crippen LogP contribution in [0.2, 0.25) is 0 Å². The van der Waals surface area contributed by atoms with Crippen LogP contribution in [0.3, 0.4) is 0 Å². The number of hydrogen-bond donors (Lipinski definition) is 1. The van der Waals surface area contributed by atoms with Gasteiger partial charge in [0.2, 0.25) is 5.78 Å². The minimum atomic E-state index is -0.976. The molecule has 1 N–H and O–H groups in total. The fourth-order valence-electron chi connectivity index (χ4n) is 2.77. The average Bonchev–Trinajstić information content (AvgIpc) is 2.61. The normalized spacial score (nSPS) is 26.4. The third kappa shape index (κ3) is 2.08. The smallest absolute Gasteiger partial charge is 0.203 e. The van der Waals surface area contributed by atoms with Crippen molar-refractivity contribution in [3.05, 3.63) is 54.3 Å². The molecule has 0 fully saturated rings. The molecule has 20 heavy (non-hydrogen) atoms. The standard InChI is InChI=1S/C17H20O3/c1-5-17(20-11(2)3)12(4)15(18)16(19)14(17)13-9-7-6-8-10-13/h5-12,19H,1H2,2-4H3/t12-,17+/m1/s1. The van der Waals surface area contributed by atoms with Crippen molar-refractivity contribution in [3.63, 3.8) is 0 Å². The lowest BCUT2D eigenvalue weighted by Crippen LogP contribution is -2.39. The van der Waals surface area contributed by atoms with Crippen LogP contribution >= 0.6 is 0 Å². The molecule has 1 aromatic carbocycles. The first-order valence-corrected chi connectivity index (χ1v) is 6.78. The second-order valence-corrected chi connectivity index (χ2v) is 5.34. The number of allylic oxidation sites excluding steroid dienone is 1. The summed E-state index contributed by atoms with van der Waals surface area (Å²) in [5, 5.41) is 10.3. The molecule has 106 valence electrons. The van der Waals surface area contributed by atoms with Gasteiger partial charge in [-0.05, 0) is 19.4 Å². The predicted octanol–water partition coefficient (Wildman–Crippen LogP) is 3.52. The summed E-state index contributed by atoms with van der Waals surface area (Å²) in [5.41, 5.74) is 0.319. The SMILES string of the molecule is C=C[C@@]1(OC(C)C)C(c2ccccc2)=C(O)C(=O)[C@H]1C. The predicted molar refractivity (Wildman–Crippen MR) is 79.3 cm³/mol. The number of rotatable bonds is 4. The highest BCUT2D eigenvalue weighted by Crippen LogP contribution is 2.46. The summed E-state index contributed by atoms with van der Waals surface area (Å²) in [7, 11) is 0. The zero-order valence-electron chi connectivity index (χ0n) is 12.1. The van der Waals surface area contributed by atoms with Crippen LogP contribution in [0, 0.1) is 5.92 Å². The summed E-state index contributed by atoms with van der Waals surface area (Å²) in [6, 6.07) is 9.34. The number of ketones is 1. The van der Waals surface area contributed by atoms with Crippen molar-refractivity contribution in [2.24, 2.45) is 5.92 Å². The van der Waals surface area contributed by atoms with E-state index < -0.39 is 11.5 Å². The molecule has 0 heterocycles. The third-order valence-electron chi connectivity index (χ3n) is 3.69. The summed E-state index contributed by atoms with van der Waals surface area (Å²) < 4.78 is 6.01. The Morgan fingerprint density at radius 1 is 1.35 bits per heavy atom. The van der Waals surface area contributed by atoms with E-state index in [0.717, 1.165) is 5.56 Å². The summed E-state index contributed by atoms with van der Waals surface area (Å²) in [6.45, 7) is 9.41. The van der Waals surface area contributed by atoms with E-state index in [1.54, 1.807) is 13.0 Å². The number of aliphatic hydroxyl groups is 1. The Hall–Kier alpha value is -1.87. The van der Waals surface area contributed by atoms with Gasteiger partial charge in [-0.2, -0.15) is 0 Å². The number of ether oxygens (including phenoxy) is 1. The quantitative estimate of drug-likeness (QED) is 0.853. The maximum atomic E-state index is 12.2. The second kappa shape index (κ2) is 5.25. The molecule has 1 aliphatic carbocycles. The van der Waals surface area contributed by atoms with Gasteiger partial charge in [0.05, 0.1) is 12.0 Å². The second-order valence-electron chi connectivity index (χ2n) is 5.34. The van der Waals surface area contributed by atoms with Crippen molar-refractivity contribution < 1.29 is 14.6 Å². The van der Waals surface area contributed by atoms with Gasteiger partial charge in [0, 0.05) is 5.57 Å². The van der Waals surface area contributed by atoms with Crippen LogP contribution < -0.4 is 0 Å². The molecule has 2 rings (SSSR count). The summed E-state index contributed by atoms with van der Waals surface area (Å²) >= 11 is 0. The van der Waals surface area contributed by atoms with Crippen molar-refractivity contribution in [2.75, 3.05) is 0 Å². The fraction of sp³-hybridized carbons (Fsp3) is 0.353. The molecule has 3 heteroatoms. The van der Waals surface area contributed by atoms with Crippen molar-refractivity contribution in [1.29, 1.82) is 0 Å². The Balaban J connectivity index is 2.64. The number of hydrogen-bond acceptors (Lipinski definition) is 3. The molecule has 0 spiro atoms. The lowest BCUT2D eigenvalue weighted by Gasteiger charge is -2.34. The molecule has 3 nitrogen and oxygen atoms in total. The number of carbonyl (C=O) groups is 1. The summed E-state index contributed by atoms with van der Waals surface area (Å²) in [5.74, 6) is -1.01. The third-order valence-corrected chi connectivity index (χ3v) is 3.69. The maximum Gasteiger partial charge on any atom is 0.203 e. The Morgan fingerprint density at radius 3 is 2.45 bits per heavy atom. The number of carbonyl (C=O) groups excluding carboxylic acids is 1. The molecule has 0 bridgehead atoms. The molecule has 0 radical (unpaired) electrons. The van der Waals surface area contributed by atoms with Gasteiger partial charge in [-0.1, -0.05) is 49.9 Å². The number of aliphatic hydroxyl groups excluding tert-OH is 1. The van der Waals surface area contributed by atoms with Gasteiger partial charge in [-0.3, -0.25) is 4.79 Å². The monoisotopic (exact) mass is 272 g/mol. The minimum absolute atomic E-state index is 0.0899. The van der Waals surface area contributed by atoms with Crippen LogP contribution in [0.15, 0.2) is 48.7 Å². The molecule has 1 aliphatic rings. The van der Waals surface area contributed by atoms with Crippen LogP contribution in [-0.4, -0.2) is 22.6 Å². The number of Topliss-reactive ketones (excluding diaryl/α,β-unsaturated/α-hetero) is 1. The summed E-state index contributed by atoms with van der Waals surface area (Å²) in [6.07, 6.45) is 1.54. The van der Waals surface area contributed by atoms with Crippen molar-refractivity contribution in [3.8, 4) is 0 Å². The van der Waals surface area contributed by atoms with Gasteiger partial charge in [0.25, 0.3) is 0 Å². The van der Waals surface area contributed by atoms with Gasteiger partial charge >= 0.3 is 0 Å². The first-order valence-electron chi connectivity index (χ1n) is 6.78. The highest BCUT2D eigenvalue weighted by Gasteiger charge is 2.52. The van der Waals surface area contributed by atoms with Gasteiger partial charge < -0.3 is 9.84 Å². The van der Waals surface area contributed by atoms with E-state index in [1.807, 2.05) is 44.2 Å². The molecule has 0 amide bonds. The van der Waals surface area contributed by atoms with Crippen molar-refractivity contribution in [1.82, 2.24) is 0 Å². The first kappa shape index (κ1) is 14.5. The highest BCUT2D eigenvalue weighted by atomic mass is 16.5. The van der Waals surface area contributed by atoms with E-state index in [4.69, 9.17) is 4.74 Å². The lowest BCUT2D eigenvalue weighted by atomic mass is 9.83. The van der Waals surface area contributed by atoms with Crippen LogP contribution in [-0.2, 0) is 9.53 Å². The Bertz CT molecular complexity index is 557. The molecular formula is C17H20O3. The topological polar surface area (TPSA) is 46.5 Å². The molecule has 0 unspecified atom stereocenters. The minimum Gasteiger partial charge on any atom is -0.504 e. The van der Waals surface area contributed by atoms with Gasteiger partial charge in [0.15, 0.2) is 5.76 Å². The van der Waals surface area contributed by atoms with Crippen LogP contribution in [0.25, 0.3) is 5.57 Å². The molecule has 1 aromatic rings. The fourth-order valence-corrected chi connectivity index (χ4v) is 2.77. The van der Waals surface area contributed by atoms with Gasteiger partial charge in [-0.25, -0.2) is 0 Å². The Morgan fingerprint density at radius 2 is 1.95 bits per heavy atom. The molecule has 0 saturated heterocycles. The van der Waals surface area contributed by atoms with Crippen molar-refractivity contribution in [2.45, 2.75) is 32.5 Å². The first-order chi connectivity index (χ1) is 9.44. The molecule has 0 aromatic heterocycles. The Labute approximate surface area is 119 Å². The zero-order valence-corrected chi connectivity index (χ0v) is 12.1. The molecule has 0 aliphatic heterocycles. The zero-order chi connectivity index (χ0) is 14.9. The lowest BCUT2D eigenvalue weighted by molar-refractivity contribution is -0.126. The van der Waals surface area contributed by atoms with Gasteiger partial charge in [0.1, 0.15) is 5.60 Å². The number of benzene rings is 1. The van der Waals surface area contributed by atoms with Crippen LogP contribution in [0.1, 0.15) is 26.3 Å². The highest BCUT2D eigenvalue weighted by molar-refractivity contribution is 6.10. The van der Waals surface area contributed by atoms with E-state index in [2.05, 4.69) is 6.58 Å². The maximum absolute atomic E-state index is 12.2. The van der Waals surface area contributed by atoms with Crippen LogP contribution in [0.4, 0.5) is 0 Å². The Kier molecular flexibility index (Phi) is 3.82. The summed E-state index contributed by atoms with van der Waals surface area (Å²) in [4.78, 5) is 12.2. The largest absolute Gasteiger partial charge is 0.504 e. The van der Waals surface area contributed by atoms with Crippen molar-refractivity contribution >= 4 is 11.4 Å². The van der Waals surface area contributed by atoms with E-state index in [9.17, 15) is 9.90 Å². The van der Waals surface area contributed by atoms with E-state index >= 15 is 0 Å².